The summed E-state index contributed by atoms with van der Waals surface area (Å²) in [6.07, 6.45) is 8.06. The summed E-state index contributed by atoms with van der Waals surface area (Å²) in [7, 11) is 0. The number of piperidine rings is 1. The van der Waals surface area contributed by atoms with Crippen LogP contribution in [0.15, 0.2) is 0 Å². The summed E-state index contributed by atoms with van der Waals surface area (Å²) < 4.78 is 2.09. The molecule has 0 saturated carbocycles. The third kappa shape index (κ3) is 4.05. The predicted octanol–water partition coefficient (Wildman–Crippen LogP) is 2.98. The summed E-state index contributed by atoms with van der Waals surface area (Å²) in [4.78, 5) is 17.9. The first-order chi connectivity index (χ1) is 12.9. The Morgan fingerprint density at radius 3 is 2.67 bits per heavy atom. The number of carbonyl (C=O) groups is 1. The third-order valence-electron chi connectivity index (χ3n) is 6.46. The number of aromatic nitrogens is 3. The quantitative estimate of drug-likeness (QED) is 0.800. The second kappa shape index (κ2) is 7.19. The predicted molar refractivity (Wildman–Crippen MR) is 106 cm³/mol. The molecule has 0 bridgehead atoms. The molecule has 4 rings (SSSR count). The molecule has 1 aromatic rings. The molecular formula is C21H35N5O. The van der Waals surface area contributed by atoms with Crippen LogP contribution in [0.3, 0.4) is 0 Å². The Kier molecular flexibility index (Phi) is 5.04. The van der Waals surface area contributed by atoms with Gasteiger partial charge < -0.3 is 14.4 Å². The van der Waals surface area contributed by atoms with Gasteiger partial charge in [-0.15, -0.1) is 10.2 Å². The standard InChI is InChI=1S/C21H35N5O/c1-20(2,3)14-24-11-7-9-21(15-24)10-13-25(16-21)19(27)18-23-22-17-8-5-4-6-12-26(17)18/h4-16H2,1-3H3. The monoisotopic (exact) mass is 373 g/mol. The summed E-state index contributed by atoms with van der Waals surface area (Å²) in [6.45, 7) is 13.1. The first-order valence-electron chi connectivity index (χ1n) is 10.8. The maximum absolute atomic E-state index is 13.2. The lowest BCUT2D eigenvalue weighted by atomic mass is 9.78. The Balaban J connectivity index is 1.45. The molecule has 150 valence electrons. The molecule has 1 atom stereocenters. The molecule has 0 aromatic carbocycles. The van der Waals surface area contributed by atoms with E-state index in [2.05, 4.69) is 45.3 Å². The van der Waals surface area contributed by atoms with Gasteiger partial charge >= 0.3 is 0 Å². The fourth-order valence-electron chi connectivity index (χ4n) is 5.34. The molecule has 27 heavy (non-hydrogen) atoms. The number of likely N-dealkylation sites (tertiary alicyclic amines) is 2. The van der Waals surface area contributed by atoms with Gasteiger partial charge in [0.25, 0.3) is 5.91 Å². The van der Waals surface area contributed by atoms with Crippen LogP contribution in [0.5, 0.6) is 0 Å². The molecule has 1 aromatic heterocycles. The molecular weight excluding hydrogens is 338 g/mol. The highest BCUT2D eigenvalue weighted by Crippen LogP contribution is 2.40. The normalized spacial score (nSPS) is 27.0. The van der Waals surface area contributed by atoms with E-state index in [9.17, 15) is 4.79 Å². The summed E-state index contributed by atoms with van der Waals surface area (Å²) in [6, 6.07) is 0. The van der Waals surface area contributed by atoms with E-state index in [1.54, 1.807) is 0 Å². The smallest absolute Gasteiger partial charge is 0.291 e. The Morgan fingerprint density at radius 1 is 1.00 bits per heavy atom. The van der Waals surface area contributed by atoms with Crippen molar-refractivity contribution in [2.24, 2.45) is 10.8 Å². The van der Waals surface area contributed by atoms with Crippen LogP contribution in [-0.4, -0.2) is 63.2 Å². The summed E-state index contributed by atoms with van der Waals surface area (Å²) in [5.74, 6) is 1.67. The van der Waals surface area contributed by atoms with Crippen LogP contribution in [0, 0.1) is 10.8 Å². The van der Waals surface area contributed by atoms with Gasteiger partial charge in [0.2, 0.25) is 5.82 Å². The second-order valence-electron chi connectivity index (χ2n) is 10.3. The SMILES string of the molecule is CC(C)(C)CN1CCCC2(CCN(C(=O)c3nnc4n3CCCCC4)C2)C1. The lowest BCUT2D eigenvalue weighted by molar-refractivity contribution is 0.0586. The van der Waals surface area contributed by atoms with Crippen LogP contribution in [0.1, 0.15) is 75.7 Å². The molecule has 0 radical (unpaired) electrons. The number of hydrogen-bond donors (Lipinski definition) is 0. The van der Waals surface area contributed by atoms with Gasteiger partial charge in [-0.3, -0.25) is 4.79 Å². The summed E-state index contributed by atoms with van der Waals surface area (Å²) in [5, 5.41) is 8.62. The zero-order chi connectivity index (χ0) is 19.1. The highest BCUT2D eigenvalue weighted by Gasteiger charge is 2.44. The van der Waals surface area contributed by atoms with Crippen LogP contribution in [0.2, 0.25) is 0 Å². The van der Waals surface area contributed by atoms with Crippen molar-refractivity contribution in [3.8, 4) is 0 Å². The lowest BCUT2D eigenvalue weighted by Crippen LogP contribution is -2.47. The van der Waals surface area contributed by atoms with Crippen LogP contribution < -0.4 is 0 Å². The molecule has 1 spiro atoms. The van der Waals surface area contributed by atoms with E-state index >= 15 is 0 Å². The first kappa shape index (κ1) is 18.9. The fraction of sp³-hybridized carbons (Fsp3) is 0.857. The number of nitrogens with zero attached hydrogens (tertiary/aromatic N) is 5. The van der Waals surface area contributed by atoms with Crippen molar-refractivity contribution < 1.29 is 4.79 Å². The highest BCUT2D eigenvalue weighted by atomic mass is 16.2. The zero-order valence-electron chi connectivity index (χ0n) is 17.3. The topological polar surface area (TPSA) is 54.3 Å². The van der Waals surface area contributed by atoms with E-state index in [-0.39, 0.29) is 11.3 Å². The van der Waals surface area contributed by atoms with Crippen molar-refractivity contribution in [3.05, 3.63) is 11.6 Å². The van der Waals surface area contributed by atoms with Crippen LogP contribution in [0.4, 0.5) is 0 Å². The molecule has 2 fully saturated rings. The van der Waals surface area contributed by atoms with Crippen LogP contribution >= 0.6 is 0 Å². The van der Waals surface area contributed by atoms with Gasteiger partial charge in [-0.1, -0.05) is 27.2 Å². The maximum Gasteiger partial charge on any atom is 0.291 e. The third-order valence-corrected chi connectivity index (χ3v) is 6.46. The average Bonchev–Trinajstić information content (AvgIpc) is 3.10. The van der Waals surface area contributed by atoms with E-state index in [1.165, 1.54) is 25.8 Å². The van der Waals surface area contributed by atoms with Crippen molar-refractivity contribution >= 4 is 5.91 Å². The zero-order valence-corrected chi connectivity index (χ0v) is 17.3. The summed E-state index contributed by atoms with van der Waals surface area (Å²) in [5.41, 5.74) is 0.604. The number of carbonyl (C=O) groups excluding carboxylic acids is 1. The highest BCUT2D eigenvalue weighted by molar-refractivity contribution is 5.91. The second-order valence-corrected chi connectivity index (χ2v) is 10.3. The van der Waals surface area contributed by atoms with Gasteiger partial charge in [-0.2, -0.15) is 0 Å². The van der Waals surface area contributed by atoms with Gasteiger partial charge in [0.15, 0.2) is 0 Å². The molecule has 1 amide bonds. The number of fused-ring (bicyclic) bond motifs is 1. The van der Waals surface area contributed by atoms with E-state index in [1.807, 2.05) is 0 Å². The Hall–Kier alpha value is -1.43. The number of amides is 1. The Morgan fingerprint density at radius 2 is 1.85 bits per heavy atom. The molecule has 6 nitrogen and oxygen atoms in total. The lowest BCUT2D eigenvalue weighted by Gasteiger charge is -2.42. The molecule has 4 heterocycles. The maximum atomic E-state index is 13.2. The Bertz CT molecular complexity index is 691. The number of rotatable bonds is 2. The fourth-order valence-corrected chi connectivity index (χ4v) is 5.34. The van der Waals surface area contributed by atoms with Crippen molar-refractivity contribution in [2.45, 2.75) is 72.3 Å². The molecule has 3 aliphatic rings. The van der Waals surface area contributed by atoms with Crippen molar-refractivity contribution in [2.75, 3.05) is 32.7 Å². The number of aryl methyl sites for hydroxylation is 1. The minimum Gasteiger partial charge on any atom is -0.335 e. The minimum absolute atomic E-state index is 0.0977. The van der Waals surface area contributed by atoms with Crippen LogP contribution in [0.25, 0.3) is 0 Å². The first-order valence-corrected chi connectivity index (χ1v) is 10.8. The van der Waals surface area contributed by atoms with Crippen molar-refractivity contribution in [1.29, 1.82) is 0 Å². The van der Waals surface area contributed by atoms with E-state index < -0.39 is 0 Å². The van der Waals surface area contributed by atoms with Gasteiger partial charge in [0.05, 0.1) is 0 Å². The number of hydrogen-bond acceptors (Lipinski definition) is 4. The molecule has 1 unspecified atom stereocenters. The summed E-state index contributed by atoms with van der Waals surface area (Å²) >= 11 is 0. The van der Waals surface area contributed by atoms with E-state index in [0.29, 0.717) is 11.2 Å². The molecule has 0 aliphatic carbocycles. The molecule has 0 N–H and O–H groups in total. The van der Waals surface area contributed by atoms with E-state index in [4.69, 9.17) is 0 Å². The van der Waals surface area contributed by atoms with E-state index in [0.717, 1.165) is 64.2 Å². The average molecular weight is 374 g/mol. The van der Waals surface area contributed by atoms with Gasteiger partial charge in [-0.25, -0.2) is 0 Å². The Labute approximate surface area is 163 Å². The van der Waals surface area contributed by atoms with Gasteiger partial charge in [0.1, 0.15) is 5.82 Å². The molecule has 3 aliphatic heterocycles. The molecule has 6 heteroatoms. The van der Waals surface area contributed by atoms with Crippen LogP contribution in [-0.2, 0) is 13.0 Å². The minimum atomic E-state index is 0.0977. The van der Waals surface area contributed by atoms with Crippen molar-refractivity contribution in [1.82, 2.24) is 24.6 Å². The largest absolute Gasteiger partial charge is 0.335 e. The van der Waals surface area contributed by atoms with Gasteiger partial charge in [-0.05, 0) is 44.1 Å². The van der Waals surface area contributed by atoms with Crippen molar-refractivity contribution in [3.63, 3.8) is 0 Å². The molecule has 2 saturated heterocycles. The van der Waals surface area contributed by atoms with Gasteiger partial charge in [0, 0.05) is 44.6 Å².